The van der Waals surface area contributed by atoms with E-state index in [0.717, 1.165) is 31.3 Å². The predicted molar refractivity (Wildman–Crippen MR) is 79.5 cm³/mol. The summed E-state index contributed by atoms with van der Waals surface area (Å²) in [5.74, 6) is 1.73. The monoisotopic (exact) mass is 311 g/mol. The van der Waals surface area contributed by atoms with E-state index >= 15 is 0 Å². The molecule has 0 spiro atoms. The first-order chi connectivity index (χ1) is 8.60. The zero-order chi connectivity index (χ0) is 13.1. The Bertz CT molecular complexity index is 407. The van der Waals surface area contributed by atoms with Crippen molar-refractivity contribution in [1.82, 2.24) is 4.90 Å². The summed E-state index contributed by atoms with van der Waals surface area (Å²) in [6.07, 6.45) is 1.23. The third-order valence-corrected chi connectivity index (χ3v) is 5.07. The van der Waals surface area contributed by atoms with Gasteiger partial charge in [-0.3, -0.25) is 4.90 Å². The molecule has 18 heavy (non-hydrogen) atoms. The number of likely N-dealkylation sites (tertiary alicyclic amines) is 1. The summed E-state index contributed by atoms with van der Waals surface area (Å²) in [5, 5.41) is 0. The number of hydrogen-bond donors (Lipinski definition) is 0. The smallest absolute Gasteiger partial charge is 0.123 e. The SMILES string of the molecule is COc1ccc(C)cc1CN1CCC(Br)C(C)C1. The lowest BCUT2D eigenvalue weighted by atomic mass is 9.99. The number of hydrogen-bond acceptors (Lipinski definition) is 2. The van der Waals surface area contributed by atoms with Crippen molar-refractivity contribution in [3.05, 3.63) is 29.3 Å². The zero-order valence-corrected chi connectivity index (χ0v) is 13.0. The minimum absolute atomic E-state index is 0.674. The van der Waals surface area contributed by atoms with Gasteiger partial charge in [-0.1, -0.05) is 40.5 Å². The second kappa shape index (κ2) is 6.07. The van der Waals surface area contributed by atoms with Gasteiger partial charge in [0.05, 0.1) is 7.11 Å². The number of piperidine rings is 1. The Labute approximate surface area is 118 Å². The predicted octanol–water partition coefficient (Wildman–Crippen LogP) is 3.61. The maximum absolute atomic E-state index is 5.45. The number of benzene rings is 1. The maximum atomic E-state index is 5.45. The molecule has 1 aromatic carbocycles. The van der Waals surface area contributed by atoms with Crippen LogP contribution >= 0.6 is 15.9 Å². The van der Waals surface area contributed by atoms with Crippen LogP contribution in [0, 0.1) is 12.8 Å². The van der Waals surface area contributed by atoms with Crippen LogP contribution in [0.5, 0.6) is 5.75 Å². The summed E-state index contributed by atoms with van der Waals surface area (Å²) >= 11 is 3.75. The number of nitrogens with zero attached hydrogens (tertiary/aromatic N) is 1. The molecule has 2 unspecified atom stereocenters. The van der Waals surface area contributed by atoms with Crippen molar-refractivity contribution >= 4 is 15.9 Å². The van der Waals surface area contributed by atoms with Crippen molar-refractivity contribution in [2.45, 2.75) is 31.6 Å². The van der Waals surface area contributed by atoms with E-state index in [0.29, 0.717) is 4.83 Å². The van der Waals surface area contributed by atoms with Crippen molar-refractivity contribution in [2.24, 2.45) is 5.92 Å². The van der Waals surface area contributed by atoms with Gasteiger partial charge in [0.25, 0.3) is 0 Å². The Morgan fingerprint density at radius 3 is 2.89 bits per heavy atom. The Kier molecular flexibility index (Phi) is 4.68. The van der Waals surface area contributed by atoms with E-state index in [1.165, 1.54) is 17.5 Å². The molecule has 0 aromatic heterocycles. The number of ether oxygens (including phenoxy) is 1. The number of halogens is 1. The van der Waals surface area contributed by atoms with Gasteiger partial charge in [-0.2, -0.15) is 0 Å². The van der Waals surface area contributed by atoms with Crippen LogP contribution in [0.15, 0.2) is 18.2 Å². The van der Waals surface area contributed by atoms with Gasteiger partial charge in [0.15, 0.2) is 0 Å². The van der Waals surface area contributed by atoms with Gasteiger partial charge < -0.3 is 4.74 Å². The van der Waals surface area contributed by atoms with Crippen LogP contribution in [-0.2, 0) is 6.54 Å². The van der Waals surface area contributed by atoms with E-state index in [2.05, 4.69) is 52.9 Å². The number of alkyl halides is 1. The van der Waals surface area contributed by atoms with Gasteiger partial charge >= 0.3 is 0 Å². The van der Waals surface area contributed by atoms with Crippen LogP contribution in [0.1, 0.15) is 24.5 Å². The quantitative estimate of drug-likeness (QED) is 0.791. The van der Waals surface area contributed by atoms with Gasteiger partial charge in [-0.05, 0) is 31.9 Å². The van der Waals surface area contributed by atoms with E-state index in [-0.39, 0.29) is 0 Å². The zero-order valence-electron chi connectivity index (χ0n) is 11.4. The van der Waals surface area contributed by atoms with Crippen LogP contribution in [0.2, 0.25) is 0 Å². The average Bonchev–Trinajstić information content (AvgIpc) is 2.34. The third-order valence-electron chi connectivity index (χ3n) is 3.71. The summed E-state index contributed by atoms with van der Waals surface area (Å²) in [4.78, 5) is 3.20. The fraction of sp³-hybridized carbons (Fsp3) is 0.600. The molecule has 1 aromatic rings. The van der Waals surface area contributed by atoms with Crippen LogP contribution in [0.3, 0.4) is 0 Å². The molecule has 0 radical (unpaired) electrons. The Morgan fingerprint density at radius 2 is 2.22 bits per heavy atom. The van der Waals surface area contributed by atoms with Crippen molar-refractivity contribution in [2.75, 3.05) is 20.2 Å². The molecule has 0 aliphatic carbocycles. The molecular formula is C15H22BrNO. The second-order valence-electron chi connectivity index (χ2n) is 5.33. The third kappa shape index (κ3) is 3.27. The molecule has 1 fully saturated rings. The highest BCUT2D eigenvalue weighted by Crippen LogP contribution is 2.27. The molecule has 1 aliphatic heterocycles. The molecule has 2 atom stereocenters. The van der Waals surface area contributed by atoms with E-state index in [1.807, 2.05) is 0 Å². The maximum Gasteiger partial charge on any atom is 0.123 e. The van der Waals surface area contributed by atoms with Gasteiger partial charge in [-0.15, -0.1) is 0 Å². The minimum atomic E-state index is 0.674. The normalized spacial score (nSPS) is 25.1. The van der Waals surface area contributed by atoms with Crippen LogP contribution in [0.4, 0.5) is 0 Å². The minimum Gasteiger partial charge on any atom is -0.496 e. The topological polar surface area (TPSA) is 12.5 Å². The standard InChI is InChI=1S/C15H22BrNO/c1-11-4-5-15(18-3)13(8-11)10-17-7-6-14(16)12(2)9-17/h4-5,8,12,14H,6-7,9-10H2,1-3H3. The van der Waals surface area contributed by atoms with Crippen molar-refractivity contribution in [3.8, 4) is 5.75 Å². The molecule has 0 N–H and O–H groups in total. The molecule has 0 bridgehead atoms. The van der Waals surface area contributed by atoms with Gasteiger partial charge in [-0.25, -0.2) is 0 Å². The summed E-state index contributed by atoms with van der Waals surface area (Å²) in [5.41, 5.74) is 2.60. The first kappa shape index (κ1) is 13.9. The largest absolute Gasteiger partial charge is 0.496 e. The van der Waals surface area contributed by atoms with Gasteiger partial charge in [0.1, 0.15) is 5.75 Å². The Hall–Kier alpha value is -0.540. The van der Waals surface area contributed by atoms with Crippen molar-refractivity contribution < 1.29 is 4.74 Å². The molecular weight excluding hydrogens is 290 g/mol. The molecule has 0 amide bonds. The van der Waals surface area contributed by atoms with E-state index in [9.17, 15) is 0 Å². The summed E-state index contributed by atoms with van der Waals surface area (Å²) in [6, 6.07) is 6.42. The molecule has 2 rings (SSSR count). The highest BCUT2D eigenvalue weighted by atomic mass is 79.9. The lowest BCUT2D eigenvalue weighted by Gasteiger charge is -2.34. The molecule has 0 saturated carbocycles. The van der Waals surface area contributed by atoms with E-state index in [1.54, 1.807) is 7.11 Å². The van der Waals surface area contributed by atoms with E-state index in [4.69, 9.17) is 4.74 Å². The van der Waals surface area contributed by atoms with Crippen LogP contribution in [-0.4, -0.2) is 29.9 Å². The lowest BCUT2D eigenvalue weighted by molar-refractivity contribution is 0.182. The molecule has 3 heteroatoms. The number of aryl methyl sites for hydroxylation is 1. The molecule has 1 saturated heterocycles. The molecule has 2 nitrogen and oxygen atoms in total. The van der Waals surface area contributed by atoms with E-state index < -0.39 is 0 Å². The highest BCUT2D eigenvalue weighted by Gasteiger charge is 2.24. The second-order valence-corrected chi connectivity index (χ2v) is 6.51. The molecule has 100 valence electrons. The number of rotatable bonds is 3. The fourth-order valence-corrected chi connectivity index (χ4v) is 2.99. The number of methoxy groups -OCH3 is 1. The van der Waals surface area contributed by atoms with Crippen LogP contribution in [0.25, 0.3) is 0 Å². The molecule has 1 aliphatic rings. The lowest BCUT2D eigenvalue weighted by Crippen LogP contribution is -2.39. The average molecular weight is 312 g/mol. The highest BCUT2D eigenvalue weighted by molar-refractivity contribution is 9.09. The Morgan fingerprint density at radius 1 is 1.44 bits per heavy atom. The van der Waals surface area contributed by atoms with Gasteiger partial charge in [0, 0.05) is 23.5 Å². The Balaban J connectivity index is 2.07. The fourth-order valence-electron chi connectivity index (χ4n) is 2.62. The van der Waals surface area contributed by atoms with Gasteiger partial charge in [0.2, 0.25) is 0 Å². The van der Waals surface area contributed by atoms with Crippen molar-refractivity contribution in [3.63, 3.8) is 0 Å². The van der Waals surface area contributed by atoms with Crippen molar-refractivity contribution in [1.29, 1.82) is 0 Å². The summed E-state index contributed by atoms with van der Waals surface area (Å²) in [7, 11) is 1.75. The first-order valence-corrected chi connectivity index (χ1v) is 7.51. The molecule has 1 heterocycles. The van der Waals surface area contributed by atoms with Crippen LogP contribution < -0.4 is 4.74 Å². The summed E-state index contributed by atoms with van der Waals surface area (Å²) in [6.45, 7) is 7.77. The summed E-state index contributed by atoms with van der Waals surface area (Å²) < 4.78 is 5.45. The first-order valence-electron chi connectivity index (χ1n) is 6.60.